The first-order valence-corrected chi connectivity index (χ1v) is 10.3. The molecular formula is C23H23FN4O3. The lowest BCUT2D eigenvalue weighted by molar-refractivity contribution is 0.0534. The van der Waals surface area contributed by atoms with Crippen LogP contribution in [0.1, 0.15) is 49.5 Å². The number of pyridine rings is 1. The number of aromatic nitrogens is 1. The summed E-state index contributed by atoms with van der Waals surface area (Å²) in [6, 6.07) is 8.12. The Balaban J connectivity index is 1.30. The molecular weight excluding hydrogens is 399 g/mol. The molecule has 0 aliphatic carbocycles. The molecule has 0 bridgehead atoms. The second kappa shape index (κ2) is 8.82. The molecule has 2 atom stereocenters. The number of piperidine rings is 1. The van der Waals surface area contributed by atoms with E-state index in [0.29, 0.717) is 37.2 Å². The zero-order chi connectivity index (χ0) is 22.0. The molecule has 1 saturated heterocycles. The molecule has 1 N–H and O–H groups in total. The van der Waals surface area contributed by atoms with Crippen LogP contribution in [0.15, 0.2) is 30.5 Å². The van der Waals surface area contributed by atoms with Crippen LogP contribution in [0, 0.1) is 18.3 Å². The average molecular weight is 422 g/mol. The highest BCUT2D eigenvalue weighted by molar-refractivity contribution is 5.94. The number of cyclic esters (lactones) is 1. The zero-order valence-electron chi connectivity index (χ0n) is 17.2. The third kappa shape index (κ3) is 4.42. The third-order valence-corrected chi connectivity index (χ3v) is 6.04. The van der Waals surface area contributed by atoms with Gasteiger partial charge in [0.2, 0.25) is 0 Å². The van der Waals surface area contributed by atoms with E-state index in [0.717, 1.165) is 23.1 Å². The maximum atomic E-state index is 14.7. The fraction of sp³-hybridized carbons (Fsp3) is 0.391. The summed E-state index contributed by atoms with van der Waals surface area (Å²) in [6.07, 6.45) is 1.41. The van der Waals surface area contributed by atoms with Crippen LogP contribution in [-0.2, 0) is 17.8 Å². The number of esters is 1. The first kappa shape index (κ1) is 20.9. The molecule has 3 heterocycles. The number of hydrogen-bond donors (Lipinski definition) is 1. The Labute approximate surface area is 179 Å². The predicted molar refractivity (Wildman–Crippen MR) is 110 cm³/mol. The molecule has 1 aromatic carbocycles. The highest BCUT2D eigenvalue weighted by Crippen LogP contribution is 2.26. The van der Waals surface area contributed by atoms with Crippen LogP contribution in [0.4, 0.5) is 4.39 Å². The Bertz CT molecular complexity index is 1050. The van der Waals surface area contributed by atoms with Crippen LogP contribution in [0.25, 0.3) is 0 Å². The van der Waals surface area contributed by atoms with Crippen molar-refractivity contribution in [3.63, 3.8) is 0 Å². The summed E-state index contributed by atoms with van der Waals surface area (Å²) >= 11 is 0. The normalized spacial score (nSPS) is 20.6. The molecule has 31 heavy (non-hydrogen) atoms. The van der Waals surface area contributed by atoms with Crippen LogP contribution in [-0.4, -0.2) is 53.6 Å². The second-order valence-corrected chi connectivity index (χ2v) is 7.93. The van der Waals surface area contributed by atoms with E-state index in [4.69, 9.17) is 10.00 Å². The standard InChI is InChI=1S/C23H23FN4O3/c1-14-16(3-4-17-18(14)13-31-23(17)30)6-8-28-9-7-20(19(24)12-28)27-22(29)21-5-2-15(10-25)11-26-21/h2-5,11,19-20H,6-9,12-13H2,1H3,(H,27,29). The predicted octanol–water partition coefficient (Wildman–Crippen LogP) is 2.32. The molecule has 0 radical (unpaired) electrons. The van der Waals surface area contributed by atoms with Gasteiger partial charge in [0.15, 0.2) is 0 Å². The largest absolute Gasteiger partial charge is 0.457 e. The molecule has 0 spiro atoms. The number of nitrogens with one attached hydrogen (secondary N) is 1. The number of nitrogens with zero attached hydrogens (tertiary/aromatic N) is 3. The summed E-state index contributed by atoms with van der Waals surface area (Å²) in [5.41, 5.74) is 4.32. The van der Waals surface area contributed by atoms with Crippen molar-refractivity contribution in [1.82, 2.24) is 15.2 Å². The maximum Gasteiger partial charge on any atom is 0.338 e. The van der Waals surface area contributed by atoms with Gasteiger partial charge in [0.1, 0.15) is 24.5 Å². The summed E-state index contributed by atoms with van der Waals surface area (Å²) in [5.74, 6) is -0.707. The van der Waals surface area contributed by atoms with Crippen LogP contribution in [0.2, 0.25) is 0 Å². The Morgan fingerprint density at radius 1 is 1.39 bits per heavy atom. The Morgan fingerprint density at radius 2 is 2.23 bits per heavy atom. The molecule has 2 unspecified atom stereocenters. The molecule has 8 heteroatoms. The monoisotopic (exact) mass is 422 g/mol. The number of benzene rings is 1. The van der Waals surface area contributed by atoms with E-state index >= 15 is 0 Å². The van der Waals surface area contributed by atoms with Gasteiger partial charge in [0.05, 0.1) is 17.2 Å². The van der Waals surface area contributed by atoms with Crippen molar-refractivity contribution in [2.24, 2.45) is 0 Å². The molecule has 160 valence electrons. The van der Waals surface area contributed by atoms with Gasteiger partial charge in [0.25, 0.3) is 5.91 Å². The number of likely N-dealkylation sites (tertiary alicyclic amines) is 1. The Hall–Kier alpha value is -3.31. The van der Waals surface area contributed by atoms with Crippen molar-refractivity contribution in [3.05, 3.63) is 64.0 Å². The van der Waals surface area contributed by atoms with E-state index in [2.05, 4.69) is 15.2 Å². The number of hydrogen-bond acceptors (Lipinski definition) is 6. The highest BCUT2D eigenvalue weighted by atomic mass is 19.1. The molecule has 2 aromatic rings. The van der Waals surface area contributed by atoms with E-state index in [9.17, 15) is 14.0 Å². The number of fused-ring (bicyclic) bond motifs is 1. The SMILES string of the molecule is Cc1c(CCN2CCC(NC(=O)c3ccc(C#N)cn3)C(F)C2)ccc2c1COC2=O. The number of carbonyl (C=O) groups excluding carboxylic acids is 2. The fourth-order valence-electron chi connectivity index (χ4n) is 4.12. The molecule has 1 amide bonds. The van der Waals surface area contributed by atoms with Crippen molar-refractivity contribution >= 4 is 11.9 Å². The van der Waals surface area contributed by atoms with Gasteiger partial charge < -0.3 is 10.1 Å². The van der Waals surface area contributed by atoms with Crippen LogP contribution < -0.4 is 5.32 Å². The molecule has 7 nitrogen and oxygen atoms in total. The van der Waals surface area contributed by atoms with Gasteiger partial charge in [-0.05, 0) is 49.1 Å². The lowest BCUT2D eigenvalue weighted by Crippen LogP contribution is -2.52. The molecule has 2 aliphatic heterocycles. The fourth-order valence-corrected chi connectivity index (χ4v) is 4.12. The van der Waals surface area contributed by atoms with Gasteiger partial charge in [-0.2, -0.15) is 5.26 Å². The van der Waals surface area contributed by atoms with Gasteiger partial charge in [-0.3, -0.25) is 9.69 Å². The van der Waals surface area contributed by atoms with E-state index < -0.39 is 18.1 Å². The summed E-state index contributed by atoms with van der Waals surface area (Å²) in [4.78, 5) is 30.0. The number of carbonyl (C=O) groups is 2. The van der Waals surface area contributed by atoms with Crippen LogP contribution in [0.3, 0.4) is 0 Å². The minimum absolute atomic E-state index is 0.170. The second-order valence-electron chi connectivity index (χ2n) is 7.93. The quantitative estimate of drug-likeness (QED) is 0.743. The summed E-state index contributed by atoms with van der Waals surface area (Å²) < 4.78 is 19.8. The topological polar surface area (TPSA) is 95.3 Å². The third-order valence-electron chi connectivity index (χ3n) is 6.04. The van der Waals surface area contributed by atoms with Crippen molar-refractivity contribution in [2.75, 3.05) is 19.6 Å². The van der Waals surface area contributed by atoms with Gasteiger partial charge in [0, 0.05) is 31.4 Å². The summed E-state index contributed by atoms with van der Waals surface area (Å²) in [6.45, 7) is 3.94. The number of alkyl halides is 1. The number of halogens is 1. The van der Waals surface area contributed by atoms with E-state index in [1.54, 1.807) is 0 Å². The van der Waals surface area contributed by atoms with Crippen LogP contribution >= 0.6 is 0 Å². The maximum absolute atomic E-state index is 14.7. The molecule has 4 rings (SSSR count). The molecule has 1 aromatic heterocycles. The summed E-state index contributed by atoms with van der Waals surface area (Å²) in [5, 5.41) is 11.5. The minimum Gasteiger partial charge on any atom is -0.457 e. The van der Waals surface area contributed by atoms with Crippen molar-refractivity contribution < 1.29 is 18.7 Å². The number of rotatable bonds is 5. The first-order chi connectivity index (χ1) is 15.0. The Morgan fingerprint density at radius 3 is 2.94 bits per heavy atom. The van der Waals surface area contributed by atoms with Gasteiger partial charge in [-0.1, -0.05) is 6.07 Å². The van der Waals surface area contributed by atoms with Crippen molar-refractivity contribution in [2.45, 2.75) is 38.6 Å². The van der Waals surface area contributed by atoms with Crippen LogP contribution in [0.5, 0.6) is 0 Å². The smallest absolute Gasteiger partial charge is 0.338 e. The lowest BCUT2D eigenvalue weighted by atomic mass is 9.96. The van der Waals surface area contributed by atoms with E-state index in [-0.39, 0.29) is 18.2 Å². The number of nitriles is 1. The zero-order valence-corrected chi connectivity index (χ0v) is 17.2. The van der Waals surface area contributed by atoms with Crippen molar-refractivity contribution in [1.29, 1.82) is 5.26 Å². The van der Waals surface area contributed by atoms with Crippen molar-refractivity contribution in [3.8, 4) is 6.07 Å². The Kier molecular flexibility index (Phi) is 5.96. The average Bonchev–Trinajstić information content (AvgIpc) is 3.16. The number of ether oxygens (including phenoxy) is 1. The van der Waals surface area contributed by atoms with Gasteiger partial charge in [-0.25, -0.2) is 14.2 Å². The molecule has 0 saturated carbocycles. The first-order valence-electron chi connectivity index (χ1n) is 10.3. The minimum atomic E-state index is -1.18. The number of amides is 1. The van der Waals surface area contributed by atoms with E-state index in [1.165, 1.54) is 18.3 Å². The van der Waals surface area contributed by atoms with Gasteiger partial charge in [-0.15, -0.1) is 0 Å². The molecule has 2 aliphatic rings. The molecule has 1 fully saturated rings. The highest BCUT2D eigenvalue weighted by Gasteiger charge is 2.31. The van der Waals surface area contributed by atoms with E-state index in [1.807, 2.05) is 25.1 Å². The van der Waals surface area contributed by atoms with Gasteiger partial charge >= 0.3 is 5.97 Å². The lowest BCUT2D eigenvalue weighted by Gasteiger charge is -2.35. The summed E-state index contributed by atoms with van der Waals surface area (Å²) in [7, 11) is 0.